The number of methoxy groups -OCH3 is 2. The first-order valence-corrected chi connectivity index (χ1v) is 12.5. The van der Waals surface area contributed by atoms with Crippen LogP contribution in [0, 0.1) is 0 Å². The van der Waals surface area contributed by atoms with Gasteiger partial charge in [-0.05, 0) is 73.4 Å². The molecule has 0 saturated heterocycles. The summed E-state index contributed by atoms with van der Waals surface area (Å²) >= 11 is 0. The number of hydrogen-bond acceptors (Lipinski definition) is 7. The molecule has 2 unspecified atom stereocenters. The molecule has 0 aromatic heterocycles. The SMILES string of the molecule is COc1cc(C(c2cc(C(=O)O)ccc2O)C(CO)Oc2ccc(C(C)C)cc2OC)ccc1OC(C)C. The van der Waals surface area contributed by atoms with Crippen LogP contribution in [-0.4, -0.2) is 54.3 Å². The molecule has 8 heteroatoms. The van der Waals surface area contributed by atoms with E-state index in [-0.39, 0.29) is 28.9 Å². The van der Waals surface area contributed by atoms with E-state index < -0.39 is 24.6 Å². The summed E-state index contributed by atoms with van der Waals surface area (Å²) in [6.45, 7) is 7.50. The molecule has 8 nitrogen and oxygen atoms in total. The molecule has 38 heavy (non-hydrogen) atoms. The van der Waals surface area contributed by atoms with Gasteiger partial charge in [0, 0.05) is 5.56 Å². The van der Waals surface area contributed by atoms with E-state index in [0.29, 0.717) is 28.6 Å². The van der Waals surface area contributed by atoms with Crippen LogP contribution in [0.1, 0.15) is 66.6 Å². The summed E-state index contributed by atoms with van der Waals surface area (Å²) in [6.07, 6.45) is -1.01. The highest BCUT2D eigenvalue weighted by Gasteiger charge is 2.31. The molecule has 0 aliphatic heterocycles. The van der Waals surface area contributed by atoms with E-state index in [1.807, 2.05) is 26.0 Å². The highest BCUT2D eigenvalue weighted by Crippen LogP contribution is 2.41. The topological polar surface area (TPSA) is 115 Å². The van der Waals surface area contributed by atoms with Crippen molar-refractivity contribution in [3.8, 4) is 28.7 Å². The van der Waals surface area contributed by atoms with Crippen LogP contribution in [0.2, 0.25) is 0 Å². The average Bonchev–Trinajstić information content (AvgIpc) is 2.89. The molecule has 0 spiro atoms. The summed E-state index contributed by atoms with van der Waals surface area (Å²) in [5.74, 6) is 0.0921. The van der Waals surface area contributed by atoms with Crippen molar-refractivity contribution in [2.75, 3.05) is 20.8 Å². The lowest BCUT2D eigenvalue weighted by molar-refractivity contribution is 0.0696. The van der Waals surface area contributed by atoms with Crippen LogP contribution in [0.4, 0.5) is 0 Å². The maximum absolute atomic E-state index is 11.8. The van der Waals surface area contributed by atoms with Crippen molar-refractivity contribution in [3.63, 3.8) is 0 Å². The minimum atomic E-state index is -1.14. The Bertz CT molecular complexity index is 1250. The summed E-state index contributed by atoms with van der Waals surface area (Å²) in [5.41, 5.74) is 1.95. The minimum absolute atomic E-state index is 0.00918. The molecule has 0 aliphatic rings. The maximum atomic E-state index is 11.8. The third kappa shape index (κ3) is 6.50. The van der Waals surface area contributed by atoms with E-state index in [0.717, 1.165) is 5.56 Å². The number of carboxylic acids is 1. The fourth-order valence-electron chi connectivity index (χ4n) is 4.27. The number of benzene rings is 3. The van der Waals surface area contributed by atoms with Crippen molar-refractivity contribution >= 4 is 5.97 Å². The van der Waals surface area contributed by atoms with E-state index in [1.165, 1.54) is 32.4 Å². The van der Waals surface area contributed by atoms with Gasteiger partial charge in [-0.15, -0.1) is 0 Å². The van der Waals surface area contributed by atoms with E-state index in [2.05, 4.69) is 13.8 Å². The van der Waals surface area contributed by atoms with Crippen LogP contribution in [0.25, 0.3) is 0 Å². The molecule has 0 aliphatic carbocycles. The molecular formula is C30H36O8. The number of aromatic hydroxyl groups is 1. The Hall–Kier alpha value is -3.91. The predicted molar refractivity (Wildman–Crippen MR) is 144 cm³/mol. The fourth-order valence-corrected chi connectivity index (χ4v) is 4.27. The lowest BCUT2D eigenvalue weighted by Crippen LogP contribution is -2.30. The Labute approximate surface area is 223 Å². The number of phenolic OH excluding ortho intramolecular Hbond substituents is 1. The molecule has 0 amide bonds. The smallest absolute Gasteiger partial charge is 0.335 e. The number of rotatable bonds is 12. The molecule has 3 rings (SSSR count). The Morgan fingerprint density at radius 3 is 1.89 bits per heavy atom. The molecule has 0 bridgehead atoms. The zero-order valence-electron chi connectivity index (χ0n) is 22.6. The quantitative estimate of drug-likeness (QED) is 0.281. The standard InChI is InChI=1S/C30H36O8/c1-17(2)19-8-11-25(26(14-19)35-5)38-28(16-31)29(22-13-21(30(33)34)7-10-23(22)32)20-9-12-24(37-18(3)4)27(15-20)36-6/h7-15,17-18,28-29,31-32H,16H2,1-6H3,(H,33,34). The highest BCUT2D eigenvalue weighted by atomic mass is 16.5. The van der Waals surface area contributed by atoms with Gasteiger partial charge in [0.2, 0.25) is 0 Å². The van der Waals surface area contributed by atoms with E-state index in [1.54, 1.807) is 24.3 Å². The lowest BCUT2D eigenvalue weighted by Gasteiger charge is -2.29. The van der Waals surface area contributed by atoms with Gasteiger partial charge < -0.3 is 34.3 Å². The number of carboxylic acid groups (broad SMARTS) is 1. The van der Waals surface area contributed by atoms with E-state index in [4.69, 9.17) is 18.9 Å². The van der Waals surface area contributed by atoms with Crippen molar-refractivity contribution < 1.29 is 39.1 Å². The van der Waals surface area contributed by atoms with Gasteiger partial charge in [0.1, 0.15) is 11.9 Å². The minimum Gasteiger partial charge on any atom is -0.508 e. The molecular weight excluding hydrogens is 488 g/mol. The summed E-state index contributed by atoms with van der Waals surface area (Å²) in [4.78, 5) is 11.8. The third-order valence-corrected chi connectivity index (χ3v) is 6.20. The number of aromatic carboxylic acids is 1. The van der Waals surface area contributed by atoms with Crippen LogP contribution in [0.3, 0.4) is 0 Å². The first kappa shape index (κ1) is 28.7. The molecule has 0 fully saturated rings. The number of aliphatic hydroxyl groups is 1. The predicted octanol–water partition coefficient (Wildman–Crippen LogP) is 5.59. The number of ether oxygens (including phenoxy) is 4. The summed E-state index contributed by atoms with van der Waals surface area (Å²) < 4.78 is 23.3. The zero-order chi connectivity index (χ0) is 28.0. The average molecular weight is 525 g/mol. The van der Waals surface area contributed by atoms with Gasteiger partial charge >= 0.3 is 5.97 Å². The molecule has 2 atom stereocenters. The second kappa shape index (κ2) is 12.6. The number of carbonyl (C=O) groups is 1. The maximum Gasteiger partial charge on any atom is 0.335 e. The molecule has 0 heterocycles. The summed E-state index contributed by atoms with van der Waals surface area (Å²) in [5, 5.41) is 31.0. The van der Waals surface area contributed by atoms with Crippen LogP contribution >= 0.6 is 0 Å². The zero-order valence-corrected chi connectivity index (χ0v) is 22.6. The third-order valence-electron chi connectivity index (χ3n) is 6.20. The molecule has 3 N–H and O–H groups in total. The van der Waals surface area contributed by atoms with Gasteiger partial charge in [0.15, 0.2) is 23.0 Å². The second-order valence-electron chi connectivity index (χ2n) is 9.54. The van der Waals surface area contributed by atoms with Crippen LogP contribution in [0.15, 0.2) is 54.6 Å². The largest absolute Gasteiger partial charge is 0.508 e. The van der Waals surface area contributed by atoms with Crippen LogP contribution in [-0.2, 0) is 0 Å². The monoisotopic (exact) mass is 524 g/mol. The number of hydrogen-bond donors (Lipinski definition) is 3. The summed E-state index contributed by atoms with van der Waals surface area (Å²) in [7, 11) is 3.06. The Morgan fingerprint density at radius 1 is 0.789 bits per heavy atom. The van der Waals surface area contributed by atoms with Crippen molar-refractivity contribution in [1.82, 2.24) is 0 Å². The second-order valence-corrected chi connectivity index (χ2v) is 9.54. The van der Waals surface area contributed by atoms with Crippen molar-refractivity contribution in [2.45, 2.75) is 51.7 Å². The highest BCUT2D eigenvalue weighted by molar-refractivity contribution is 5.88. The van der Waals surface area contributed by atoms with Gasteiger partial charge in [-0.1, -0.05) is 26.0 Å². The van der Waals surface area contributed by atoms with Crippen LogP contribution < -0.4 is 18.9 Å². The van der Waals surface area contributed by atoms with E-state index in [9.17, 15) is 20.1 Å². The Morgan fingerprint density at radius 2 is 1.37 bits per heavy atom. The molecule has 3 aromatic carbocycles. The first-order chi connectivity index (χ1) is 18.1. The van der Waals surface area contributed by atoms with Gasteiger partial charge in [-0.3, -0.25) is 0 Å². The van der Waals surface area contributed by atoms with Gasteiger partial charge in [-0.2, -0.15) is 0 Å². The van der Waals surface area contributed by atoms with E-state index >= 15 is 0 Å². The van der Waals surface area contributed by atoms with Crippen LogP contribution in [0.5, 0.6) is 28.7 Å². The molecule has 3 aromatic rings. The molecule has 0 saturated carbocycles. The Kier molecular flexibility index (Phi) is 9.47. The fraction of sp³-hybridized carbons (Fsp3) is 0.367. The van der Waals surface area contributed by atoms with Gasteiger partial charge in [-0.25, -0.2) is 4.79 Å². The van der Waals surface area contributed by atoms with Crippen molar-refractivity contribution in [1.29, 1.82) is 0 Å². The normalized spacial score (nSPS) is 12.8. The number of phenols is 1. The lowest BCUT2D eigenvalue weighted by atomic mass is 9.85. The summed E-state index contributed by atoms with van der Waals surface area (Å²) in [6, 6.07) is 14.9. The first-order valence-electron chi connectivity index (χ1n) is 12.5. The Balaban J connectivity index is 2.17. The number of aliphatic hydroxyl groups excluding tert-OH is 1. The molecule has 204 valence electrons. The molecule has 0 radical (unpaired) electrons. The van der Waals surface area contributed by atoms with Crippen molar-refractivity contribution in [3.05, 3.63) is 76.9 Å². The van der Waals surface area contributed by atoms with Gasteiger partial charge in [0.25, 0.3) is 0 Å². The van der Waals surface area contributed by atoms with Crippen molar-refractivity contribution in [2.24, 2.45) is 0 Å². The van der Waals surface area contributed by atoms with Gasteiger partial charge in [0.05, 0.1) is 38.4 Å².